The lowest BCUT2D eigenvalue weighted by atomic mass is 9.80. The molecule has 0 unspecified atom stereocenters. The zero-order valence-corrected chi connectivity index (χ0v) is 13.1. The van der Waals surface area contributed by atoms with Gasteiger partial charge in [-0.05, 0) is 25.7 Å². The van der Waals surface area contributed by atoms with Crippen LogP contribution in [0.4, 0.5) is 0 Å². The van der Waals surface area contributed by atoms with Crippen molar-refractivity contribution in [2.45, 2.75) is 58.9 Å². The maximum Gasteiger partial charge on any atom is 0.230 e. The summed E-state index contributed by atoms with van der Waals surface area (Å²) in [6.07, 6.45) is 3.76. The monoisotopic (exact) mass is 283 g/mol. The van der Waals surface area contributed by atoms with E-state index in [9.17, 15) is 9.59 Å². The number of carbonyl (C=O) groups excluding carboxylic acids is 2. The van der Waals surface area contributed by atoms with Crippen LogP contribution in [0, 0.1) is 5.41 Å². The zero-order valence-electron chi connectivity index (χ0n) is 13.1. The van der Waals surface area contributed by atoms with Gasteiger partial charge in [0.2, 0.25) is 11.8 Å². The average molecular weight is 283 g/mol. The summed E-state index contributed by atoms with van der Waals surface area (Å²) in [5.41, 5.74) is 5.44. The fourth-order valence-electron chi connectivity index (χ4n) is 2.82. The first-order chi connectivity index (χ1) is 9.52. The highest BCUT2D eigenvalue weighted by molar-refractivity contribution is 5.83. The Hall–Kier alpha value is -1.10. The van der Waals surface area contributed by atoms with Gasteiger partial charge in [-0.1, -0.05) is 20.8 Å². The van der Waals surface area contributed by atoms with Gasteiger partial charge in [-0.25, -0.2) is 0 Å². The number of nitrogens with zero attached hydrogens (tertiary/aromatic N) is 1. The molecule has 0 spiro atoms. The molecule has 0 aromatic rings. The Morgan fingerprint density at radius 2 is 1.75 bits per heavy atom. The van der Waals surface area contributed by atoms with Crippen LogP contribution in [0.2, 0.25) is 0 Å². The molecule has 1 heterocycles. The smallest absolute Gasteiger partial charge is 0.230 e. The molecule has 2 amide bonds. The van der Waals surface area contributed by atoms with E-state index in [2.05, 4.69) is 5.32 Å². The SMILES string of the molecule is CCC(=O)NC1CCN(C(=O)C(CC)(CC)CN)CC1. The molecule has 3 N–H and O–H groups in total. The second-order valence-electron chi connectivity index (χ2n) is 5.68. The fourth-order valence-corrected chi connectivity index (χ4v) is 2.82. The van der Waals surface area contributed by atoms with Gasteiger partial charge in [0.1, 0.15) is 0 Å². The second kappa shape index (κ2) is 7.62. The largest absolute Gasteiger partial charge is 0.353 e. The molecule has 0 aromatic heterocycles. The minimum absolute atomic E-state index is 0.0909. The predicted molar refractivity (Wildman–Crippen MR) is 80.1 cm³/mol. The van der Waals surface area contributed by atoms with Crippen LogP contribution in [0.1, 0.15) is 52.9 Å². The Balaban J connectivity index is 2.56. The van der Waals surface area contributed by atoms with Crippen LogP contribution in [-0.2, 0) is 9.59 Å². The maximum atomic E-state index is 12.7. The van der Waals surface area contributed by atoms with Crippen molar-refractivity contribution in [2.75, 3.05) is 19.6 Å². The average Bonchev–Trinajstić information content (AvgIpc) is 2.50. The van der Waals surface area contributed by atoms with E-state index in [4.69, 9.17) is 5.73 Å². The van der Waals surface area contributed by atoms with Crippen LogP contribution in [0.15, 0.2) is 0 Å². The molecule has 0 aromatic carbocycles. The Kier molecular flexibility index (Phi) is 6.46. The summed E-state index contributed by atoms with van der Waals surface area (Å²) in [5, 5.41) is 3.01. The number of hydrogen-bond donors (Lipinski definition) is 2. The van der Waals surface area contributed by atoms with Crippen molar-refractivity contribution in [3.8, 4) is 0 Å². The first-order valence-electron chi connectivity index (χ1n) is 7.81. The molecule has 1 aliphatic heterocycles. The van der Waals surface area contributed by atoms with Gasteiger partial charge in [0.05, 0.1) is 5.41 Å². The van der Waals surface area contributed by atoms with Crippen LogP contribution in [0.25, 0.3) is 0 Å². The molecule has 1 fully saturated rings. The fraction of sp³-hybridized carbons (Fsp3) is 0.867. The van der Waals surface area contributed by atoms with E-state index in [1.165, 1.54) is 0 Å². The van der Waals surface area contributed by atoms with Crippen LogP contribution >= 0.6 is 0 Å². The summed E-state index contributed by atoms with van der Waals surface area (Å²) < 4.78 is 0. The number of likely N-dealkylation sites (tertiary alicyclic amines) is 1. The van der Waals surface area contributed by atoms with Crippen molar-refractivity contribution in [1.29, 1.82) is 0 Å². The number of hydrogen-bond acceptors (Lipinski definition) is 3. The van der Waals surface area contributed by atoms with Gasteiger partial charge in [0.15, 0.2) is 0 Å². The number of piperidine rings is 1. The van der Waals surface area contributed by atoms with Crippen LogP contribution in [0.5, 0.6) is 0 Å². The van der Waals surface area contributed by atoms with Crippen molar-refractivity contribution in [2.24, 2.45) is 11.1 Å². The van der Waals surface area contributed by atoms with Crippen LogP contribution in [-0.4, -0.2) is 42.4 Å². The number of amides is 2. The minimum atomic E-state index is -0.403. The first-order valence-corrected chi connectivity index (χ1v) is 7.81. The van der Waals surface area contributed by atoms with Gasteiger partial charge >= 0.3 is 0 Å². The van der Waals surface area contributed by atoms with E-state index in [0.29, 0.717) is 13.0 Å². The summed E-state index contributed by atoms with van der Waals surface area (Å²) in [6.45, 7) is 7.76. The van der Waals surface area contributed by atoms with Crippen molar-refractivity contribution in [3.63, 3.8) is 0 Å². The van der Waals surface area contributed by atoms with Crippen LogP contribution < -0.4 is 11.1 Å². The Morgan fingerprint density at radius 3 is 2.15 bits per heavy atom. The summed E-state index contributed by atoms with van der Waals surface area (Å²) >= 11 is 0. The van der Waals surface area contributed by atoms with E-state index >= 15 is 0 Å². The second-order valence-corrected chi connectivity index (χ2v) is 5.68. The molecular formula is C15H29N3O2. The Labute approximate surface area is 122 Å². The molecule has 0 radical (unpaired) electrons. The van der Waals surface area contributed by atoms with Gasteiger partial charge in [0, 0.05) is 32.1 Å². The van der Waals surface area contributed by atoms with E-state index in [-0.39, 0.29) is 17.9 Å². The molecule has 5 nitrogen and oxygen atoms in total. The standard InChI is InChI=1S/C15H29N3O2/c1-4-13(19)17-12-7-9-18(10-8-12)14(20)15(5-2,6-3)11-16/h12H,4-11,16H2,1-3H3,(H,17,19). The van der Waals surface area contributed by atoms with Crippen molar-refractivity contribution in [1.82, 2.24) is 10.2 Å². The predicted octanol–water partition coefficient (Wildman–Crippen LogP) is 1.27. The van der Waals surface area contributed by atoms with Gasteiger partial charge < -0.3 is 16.0 Å². The molecule has 0 saturated carbocycles. The molecule has 5 heteroatoms. The lowest BCUT2D eigenvalue weighted by Gasteiger charge is -2.39. The summed E-state index contributed by atoms with van der Waals surface area (Å²) in [7, 11) is 0. The van der Waals surface area contributed by atoms with Gasteiger partial charge in [-0.2, -0.15) is 0 Å². The highest BCUT2D eigenvalue weighted by Gasteiger charge is 2.38. The quantitative estimate of drug-likeness (QED) is 0.771. The van der Waals surface area contributed by atoms with Crippen molar-refractivity contribution in [3.05, 3.63) is 0 Å². The number of nitrogens with two attached hydrogens (primary N) is 1. The zero-order chi connectivity index (χ0) is 15.2. The first kappa shape index (κ1) is 17.0. The molecule has 20 heavy (non-hydrogen) atoms. The van der Waals surface area contributed by atoms with Gasteiger partial charge in [0.25, 0.3) is 0 Å². The van der Waals surface area contributed by atoms with Crippen molar-refractivity contribution < 1.29 is 9.59 Å². The van der Waals surface area contributed by atoms with Gasteiger partial charge in [-0.3, -0.25) is 9.59 Å². The molecule has 0 aliphatic carbocycles. The van der Waals surface area contributed by atoms with E-state index in [1.54, 1.807) is 0 Å². The molecule has 1 rings (SSSR count). The molecule has 0 bridgehead atoms. The van der Waals surface area contributed by atoms with E-state index < -0.39 is 5.41 Å². The van der Waals surface area contributed by atoms with E-state index in [1.807, 2.05) is 25.7 Å². The summed E-state index contributed by atoms with van der Waals surface area (Å²) in [5.74, 6) is 0.276. The minimum Gasteiger partial charge on any atom is -0.353 e. The summed E-state index contributed by atoms with van der Waals surface area (Å²) in [4.78, 5) is 26.0. The molecule has 0 atom stereocenters. The number of carbonyl (C=O) groups is 2. The third kappa shape index (κ3) is 3.72. The normalized spacial score (nSPS) is 17.1. The molecular weight excluding hydrogens is 254 g/mol. The molecule has 116 valence electrons. The Morgan fingerprint density at radius 1 is 1.20 bits per heavy atom. The maximum absolute atomic E-state index is 12.7. The van der Waals surface area contributed by atoms with Gasteiger partial charge in [-0.15, -0.1) is 0 Å². The number of rotatable bonds is 6. The van der Waals surface area contributed by atoms with Crippen LogP contribution in [0.3, 0.4) is 0 Å². The van der Waals surface area contributed by atoms with E-state index in [0.717, 1.165) is 38.8 Å². The number of nitrogens with one attached hydrogen (secondary N) is 1. The van der Waals surface area contributed by atoms with Crippen molar-refractivity contribution >= 4 is 11.8 Å². The topological polar surface area (TPSA) is 75.4 Å². The lowest BCUT2D eigenvalue weighted by Crippen LogP contribution is -2.52. The third-order valence-electron chi connectivity index (χ3n) is 4.67. The molecule has 1 saturated heterocycles. The highest BCUT2D eigenvalue weighted by Crippen LogP contribution is 2.29. The highest BCUT2D eigenvalue weighted by atomic mass is 16.2. The Bertz CT molecular complexity index is 324. The summed E-state index contributed by atoms with van der Waals surface area (Å²) in [6, 6.07) is 0.210. The molecule has 1 aliphatic rings. The lowest BCUT2D eigenvalue weighted by molar-refractivity contribution is -0.143. The third-order valence-corrected chi connectivity index (χ3v) is 4.67.